The van der Waals surface area contributed by atoms with Gasteiger partial charge in [0.15, 0.2) is 0 Å². The summed E-state index contributed by atoms with van der Waals surface area (Å²) in [6.07, 6.45) is 0. The van der Waals surface area contributed by atoms with E-state index >= 15 is 0 Å². The largest absolute Gasteiger partial charge is 0.569 e. The summed E-state index contributed by atoms with van der Waals surface area (Å²) < 4.78 is 30.5. The maximum atomic E-state index is 9.09. The summed E-state index contributed by atoms with van der Waals surface area (Å²) >= 11 is 20.0. The van der Waals surface area contributed by atoms with E-state index in [4.69, 9.17) is 70.2 Å². The molecule has 0 aliphatic carbocycles. The van der Waals surface area contributed by atoms with Gasteiger partial charge in [0.05, 0.1) is 49.9 Å². The number of nitrogens with two attached hydrogens (primary N) is 2. The van der Waals surface area contributed by atoms with Gasteiger partial charge in [-0.25, -0.2) is 4.21 Å². The molecule has 0 unspecified atom stereocenters. The maximum absolute atomic E-state index is 9.09. The maximum Gasteiger partial charge on any atom is 0.569 e. The molecule has 0 saturated carbocycles. The molecule has 10 rings (SSSR count). The van der Waals surface area contributed by atoms with Crippen molar-refractivity contribution in [3.8, 4) is 16.9 Å². The van der Waals surface area contributed by atoms with E-state index in [1.807, 2.05) is 109 Å². The van der Waals surface area contributed by atoms with Crippen molar-refractivity contribution in [2.24, 2.45) is 0 Å². The van der Waals surface area contributed by atoms with E-state index in [1.165, 1.54) is 11.7 Å². The lowest BCUT2D eigenvalue weighted by atomic mass is 9.81. The highest BCUT2D eigenvalue weighted by Crippen LogP contribution is 2.35. The normalized spacial score (nSPS) is 10.0. The molecule has 2 aromatic heterocycles. The Morgan fingerprint density at radius 1 is 0.514 bits per heavy atom. The molecule has 10 aromatic rings. The Hall–Kier alpha value is -5.79. The van der Waals surface area contributed by atoms with E-state index in [2.05, 4.69) is 80.2 Å². The van der Waals surface area contributed by atoms with E-state index in [1.54, 1.807) is 48.5 Å². The van der Waals surface area contributed by atoms with Crippen LogP contribution in [0.25, 0.3) is 33.2 Å². The summed E-state index contributed by atoms with van der Waals surface area (Å²) in [6.45, 7) is 0. The number of aromatic nitrogens is 4. The van der Waals surface area contributed by atoms with E-state index in [9.17, 15) is 0 Å². The second-order valence-corrected chi connectivity index (χ2v) is 18.5. The molecule has 1 radical (unpaired) electrons. The van der Waals surface area contributed by atoms with Crippen LogP contribution in [0.1, 0.15) is 0 Å². The van der Waals surface area contributed by atoms with Crippen molar-refractivity contribution in [2.75, 3.05) is 16.4 Å². The number of nitrogen functional groups attached to an aromatic ring is 2. The summed E-state index contributed by atoms with van der Waals surface area (Å²) in [6, 6.07) is 61.2. The molecule has 0 spiro atoms. The predicted octanol–water partition coefficient (Wildman–Crippen LogP) is 12.3. The zero-order valence-corrected chi connectivity index (χ0v) is 42.5. The molecule has 0 saturated heterocycles. The smallest absolute Gasteiger partial charge is 0.537 e. The van der Waals surface area contributed by atoms with Crippen molar-refractivity contribution in [2.45, 2.75) is 0 Å². The van der Waals surface area contributed by atoms with Gasteiger partial charge in [-0.05, 0) is 89.9 Å². The fourth-order valence-corrected chi connectivity index (χ4v) is 7.85. The molecule has 8 aromatic carbocycles. The minimum atomic E-state index is -1.67. The van der Waals surface area contributed by atoms with Crippen LogP contribution >= 0.6 is 79.6 Å². The van der Waals surface area contributed by atoms with Gasteiger partial charge in [-0.1, -0.05) is 150 Å². The summed E-state index contributed by atoms with van der Waals surface area (Å²) in [4.78, 5) is 2.16. The quantitative estimate of drug-likeness (QED) is 0.0577. The molecule has 0 atom stereocenters. The van der Waals surface area contributed by atoms with Crippen LogP contribution in [0.4, 0.5) is 28.4 Å². The van der Waals surface area contributed by atoms with Crippen molar-refractivity contribution in [3.63, 3.8) is 0 Å². The van der Waals surface area contributed by atoms with Gasteiger partial charge in [0.25, 0.3) is 0 Å². The van der Waals surface area contributed by atoms with Crippen LogP contribution in [0, 0.1) is 0 Å². The molecule has 355 valence electrons. The van der Waals surface area contributed by atoms with Crippen LogP contribution in [-0.2, 0) is 9.23 Å². The first-order valence-corrected chi connectivity index (χ1v) is 25.7. The van der Waals surface area contributed by atoms with Crippen molar-refractivity contribution in [1.82, 2.24) is 17.5 Å². The van der Waals surface area contributed by atoms with Gasteiger partial charge < -0.3 is 36.1 Å². The average Bonchev–Trinajstić information content (AvgIpc) is 4.10. The van der Waals surface area contributed by atoms with Crippen LogP contribution < -0.4 is 26.5 Å². The van der Waals surface area contributed by atoms with E-state index in [0.717, 1.165) is 51.0 Å². The number of halogens is 5. The standard InChI is InChI=1S/C18H15BNO2.C12H7ClN2S.C6H7BO2.C6H2Cl2N2S.C6H8N2.Cl2OS/c21-19-22-18-13-11-17(12-14-18)20(15-7-3-1-4-8-15)16-9-5-2-6-10-16;13-10-7-6-9(8-4-2-1-3-5-8)11-12(10)15-16-14-11;8-7(9)6-4-2-1-3-5-6;7-3-1-2-4(8)6-5(3)9-11-10-6;7-5-3-1-2-4-6(5)8;1-4(2)3/h1-14,21H;1-7H;1-5,8-9H;1-2H;1-4H,7-8H2;. The lowest BCUT2D eigenvalue weighted by Gasteiger charge is -2.25. The first-order valence-electron chi connectivity index (χ1n) is 20.3. The summed E-state index contributed by atoms with van der Waals surface area (Å²) in [5.74, 6) is 0.590. The van der Waals surface area contributed by atoms with Gasteiger partial charge in [0, 0.05) is 44.0 Å². The van der Waals surface area contributed by atoms with Gasteiger partial charge in [-0.2, -0.15) is 17.5 Å². The summed E-state index contributed by atoms with van der Waals surface area (Å²) in [5.41, 5.74) is 21.0. The van der Waals surface area contributed by atoms with Crippen molar-refractivity contribution < 1.29 is 23.9 Å². The van der Waals surface area contributed by atoms with Crippen molar-refractivity contribution in [3.05, 3.63) is 209 Å². The van der Waals surface area contributed by atoms with Gasteiger partial charge >= 0.3 is 14.8 Å². The Bertz CT molecular complexity index is 3030. The molecule has 2 heterocycles. The number of rotatable bonds is 7. The molecular formula is C48H39B2Cl5N7O5S3. The Morgan fingerprint density at radius 2 is 0.871 bits per heavy atom. The third-order valence-corrected chi connectivity index (χ3v) is 11.1. The Balaban J connectivity index is 0.000000168. The van der Waals surface area contributed by atoms with Crippen molar-refractivity contribution in [1.29, 1.82) is 0 Å². The molecular weight excluding hydrogens is 1050 g/mol. The Labute approximate surface area is 440 Å². The number of nitrogens with zero attached hydrogens (tertiary/aromatic N) is 5. The first-order chi connectivity index (χ1) is 33.9. The second-order valence-electron chi connectivity index (χ2n) is 13.7. The van der Waals surface area contributed by atoms with Crippen LogP contribution in [0.15, 0.2) is 194 Å². The van der Waals surface area contributed by atoms with Crippen LogP contribution in [-0.4, -0.2) is 51.6 Å². The highest BCUT2D eigenvalue weighted by atomic mass is 36.0. The van der Waals surface area contributed by atoms with Crippen LogP contribution in [0.5, 0.6) is 5.75 Å². The van der Waals surface area contributed by atoms with Gasteiger partial charge in [0.1, 0.15) is 27.8 Å². The molecule has 7 N–H and O–H groups in total. The fourth-order valence-electron chi connectivity index (χ4n) is 5.97. The zero-order chi connectivity index (χ0) is 50.3. The molecule has 12 nitrogen and oxygen atoms in total. The monoisotopic (exact) mass is 1090 g/mol. The summed E-state index contributed by atoms with van der Waals surface area (Å²) in [7, 11) is 6.70. The van der Waals surface area contributed by atoms with Gasteiger partial charge in [0.2, 0.25) is 9.23 Å². The molecule has 0 aliphatic rings. The van der Waals surface area contributed by atoms with Crippen LogP contribution in [0.2, 0.25) is 15.1 Å². The number of fused-ring (bicyclic) bond motifs is 2. The Kier molecular flexibility index (Phi) is 23.2. The SMILES string of the molecule is Clc1ccc(-c2ccccc2)c2nsnc12.Clc1ccc(Cl)c2nsnc12.Nc1ccccc1N.O=S(Cl)Cl.OB(O)c1ccccc1.O[B]Oc1ccc(N(c2ccccc2)c2ccccc2)cc1. The third kappa shape index (κ3) is 17.3. The highest BCUT2D eigenvalue weighted by Gasteiger charge is 2.13. The lowest BCUT2D eigenvalue weighted by molar-refractivity contribution is 0.425. The minimum absolute atomic E-state index is 0.525. The predicted molar refractivity (Wildman–Crippen MR) is 296 cm³/mol. The third-order valence-electron chi connectivity index (χ3n) is 9.17. The van der Waals surface area contributed by atoms with Crippen LogP contribution in [0.3, 0.4) is 0 Å². The number of hydrogen-bond donors (Lipinski definition) is 5. The fraction of sp³-hybridized carbons (Fsp3) is 0. The number of para-hydroxylation sites is 4. The average molecular weight is 1090 g/mol. The molecule has 0 bridgehead atoms. The number of hydrogen-bond acceptors (Lipinski definition) is 14. The van der Waals surface area contributed by atoms with Gasteiger partial charge in [-0.15, -0.1) is 0 Å². The molecule has 0 fully saturated rings. The molecule has 0 amide bonds. The van der Waals surface area contributed by atoms with E-state index in [0.29, 0.717) is 56.4 Å². The number of anilines is 5. The van der Waals surface area contributed by atoms with Crippen molar-refractivity contribution >= 4 is 160 Å². The number of benzene rings is 8. The van der Waals surface area contributed by atoms with Gasteiger partial charge in [-0.3, -0.25) is 0 Å². The molecule has 0 aliphatic heterocycles. The van der Waals surface area contributed by atoms with E-state index < -0.39 is 16.3 Å². The molecule has 22 heteroatoms. The minimum Gasteiger partial charge on any atom is -0.537 e. The zero-order valence-electron chi connectivity index (χ0n) is 36.3. The van der Waals surface area contributed by atoms with E-state index in [-0.39, 0.29) is 0 Å². The Morgan fingerprint density at radius 3 is 1.27 bits per heavy atom. The summed E-state index contributed by atoms with van der Waals surface area (Å²) in [5, 5.41) is 27.7. The highest BCUT2D eigenvalue weighted by molar-refractivity contribution is 8.26. The molecule has 70 heavy (non-hydrogen) atoms. The lowest BCUT2D eigenvalue weighted by Crippen LogP contribution is -2.29. The second kappa shape index (κ2) is 29.4. The topological polar surface area (TPSA) is 194 Å². The first kappa shape index (κ1) is 55.1.